The summed E-state index contributed by atoms with van der Waals surface area (Å²) in [6.07, 6.45) is 1.24. The standard InChI is InChI=1S/C26H25N5O7/c1-15(17-3-5-18(6-4-17)26(36)37)31(12-24(33)34)11-19-9-21(29-14-28-19)25(35)27-10-16-2-7-22-20(8-16)30-23(32)13-38-22/h2-9,14-15H,10-13H2,1H3,(H,27,35)(H,30,32)(H,33,34)(H,36,37)/t15-/m0/s1. The fraction of sp³-hybridized carbons (Fsp3) is 0.231. The largest absolute Gasteiger partial charge is 0.482 e. The Morgan fingerprint density at radius 1 is 1.11 bits per heavy atom. The number of carbonyl (C=O) groups excluding carboxylic acids is 2. The summed E-state index contributed by atoms with van der Waals surface area (Å²) in [5.74, 6) is -2.24. The molecule has 1 aliphatic rings. The van der Waals surface area contributed by atoms with Crippen molar-refractivity contribution in [3.8, 4) is 5.75 Å². The second-order valence-corrected chi connectivity index (χ2v) is 8.65. The van der Waals surface area contributed by atoms with Crippen LogP contribution in [0.3, 0.4) is 0 Å². The monoisotopic (exact) mass is 519 g/mol. The molecule has 2 amide bonds. The lowest BCUT2D eigenvalue weighted by atomic mass is 10.0. The van der Waals surface area contributed by atoms with Gasteiger partial charge >= 0.3 is 11.9 Å². The summed E-state index contributed by atoms with van der Waals surface area (Å²) in [5, 5.41) is 24.0. The number of aliphatic carboxylic acids is 1. The third-order valence-electron chi connectivity index (χ3n) is 5.98. The number of aromatic carboxylic acids is 1. The van der Waals surface area contributed by atoms with E-state index < -0.39 is 17.8 Å². The molecule has 0 spiro atoms. The first kappa shape index (κ1) is 26.2. The maximum absolute atomic E-state index is 12.8. The molecule has 0 unspecified atom stereocenters. The molecular formula is C26H25N5O7. The van der Waals surface area contributed by atoms with Gasteiger partial charge in [0.1, 0.15) is 17.8 Å². The van der Waals surface area contributed by atoms with Crippen LogP contribution < -0.4 is 15.4 Å². The van der Waals surface area contributed by atoms with E-state index in [1.807, 2.05) is 0 Å². The molecule has 0 radical (unpaired) electrons. The number of hydrogen-bond donors (Lipinski definition) is 4. The number of carboxylic acids is 2. The number of carbonyl (C=O) groups is 4. The molecule has 1 aromatic heterocycles. The summed E-state index contributed by atoms with van der Waals surface area (Å²) in [6, 6.07) is 12.5. The van der Waals surface area contributed by atoms with Crippen LogP contribution in [0.4, 0.5) is 5.69 Å². The van der Waals surface area contributed by atoms with Crippen molar-refractivity contribution in [1.82, 2.24) is 20.2 Å². The SMILES string of the molecule is C[C@@H](c1ccc(C(=O)O)cc1)N(CC(=O)O)Cc1cc(C(=O)NCc2ccc3c(c2)NC(=O)CO3)ncn1. The fourth-order valence-corrected chi connectivity index (χ4v) is 3.95. The van der Waals surface area contributed by atoms with Gasteiger partial charge < -0.3 is 25.6 Å². The predicted molar refractivity (Wildman–Crippen MR) is 134 cm³/mol. The van der Waals surface area contributed by atoms with Crippen LogP contribution in [0.25, 0.3) is 0 Å². The Morgan fingerprint density at radius 3 is 2.58 bits per heavy atom. The van der Waals surface area contributed by atoms with E-state index >= 15 is 0 Å². The van der Waals surface area contributed by atoms with E-state index in [9.17, 15) is 24.3 Å². The van der Waals surface area contributed by atoms with Crippen LogP contribution >= 0.6 is 0 Å². The average molecular weight is 520 g/mol. The summed E-state index contributed by atoms with van der Waals surface area (Å²) in [4.78, 5) is 56.9. The molecule has 2 aromatic carbocycles. The maximum atomic E-state index is 12.8. The van der Waals surface area contributed by atoms with Crippen molar-refractivity contribution in [3.63, 3.8) is 0 Å². The number of anilines is 1. The molecule has 12 nitrogen and oxygen atoms in total. The molecule has 196 valence electrons. The van der Waals surface area contributed by atoms with Gasteiger partial charge in [-0.15, -0.1) is 0 Å². The first-order chi connectivity index (χ1) is 18.2. The molecule has 0 fully saturated rings. The molecule has 4 rings (SSSR count). The van der Waals surface area contributed by atoms with Gasteiger partial charge in [-0.1, -0.05) is 18.2 Å². The van der Waals surface area contributed by atoms with Gasteiger partial charge in [0.05, 0.1) is 23.5 Å². The zero-order valence-corrected chi connectivity index (χ0v) is 20.4. The number of ether oxygens (including phenoxy) is 1. The smallest absolute Gasteiger partial charge is 0.335 e. The molecule has 1 aliphatic heterocycles. The van der Waals surface area contributed by atoms with Crippen molar-refractivity contribution >= 4 is 29.4 Å². The number of carboxylic acid groups (broad SMARTS) is 2. The van der Waals surface area contributed by atoms with Crippen LogP contribution in [-0.2, 0) is 22.7 Å². The maximum Gasteiger partial charge on any atom is 0.335 e. The summed E-state index contributed by atoms with van der Waals surface area (Å²) in [7, 11) is 0. The molecule has 0 saturated heterocycles. The lowest BCUT2D eigenvalue weighted by Gasteiger charge is -2.27. The second-order valence-electron chi connectivity index (χ2n) is 8.65. The summed E-state index contributed by atoms with van der Waals surface area (Å²) < 4.78 is 5.33. The Morgan fingerprint density at radius 2 is 1.87 bits per heavy atom. The average Bonchev–Trinajstić information content (AvgIpc) is 2.90. The molecular weight excluding hydrogens is 494 g/mol. The van der Waals surface area contributed by atoms with E-state index in [4.69, 9.17) is 9.84 Å². The second kappa shape index (κ2) is 11.5. The topological polar surface area (TPSA) is 171 Å². The number of nitrogens with one attached hydrogen (secondary N) is 2. The fourth-order valence-electron chi connectivity index (χ4n) is 3.95. The van der Waals surface area contributed by atoms with Crippen molar-refractivity contribution < 1.29 is 34.1 Å². The van der Waals surface area contributed by atoms with Crippen LogP contribution in [0.5, 0.6) is 5.75 Å². The first-order valence-electron chi connectivity index (χ1n) is 11.6. The minimum atomic E-state index is -1.05. The molecule has 0 bridgehead atoms. The van der Waals surface area contributed by atoms with E-state index in [0.29, 0.717) is 17.1 Å². The van der Waals surface area contributed by atoms with Gasteiger partial charge in [-0.2, -0.15) is 0 Å². The highest BCUT2D eigenvalue weighted by Gasteiger charge is 2.21. The van der Waals surface area contributed by atoms with Crippen molar-refractivity contribution in [1.29, 1.82) is 0 Å². The Bertz CT molecular complexity index is 1380. The molecule has 3 aromatic rings. The van der Waals surface area contributed by atoms with Gasteiger partial charge in [-0.3, -0.25) is 19.3 Å². The van der Waals surface area contributed by atoms with Gasteiger partial charge in [-0.05, 0) is 48.4 Å². The summed E-state index contributed by atoms with van der Waals surface area (Å²) in [5.41, 5.74) is 2.68. The lowest BCUT2D eigenvalue weighted by molar-refractivity contribution is -0.139. The number of fused-ring (bicyclic) bond motifs is 1. The van der Waals surface area contributed by atoms with E-state index in [1.54, 1.807) is 42.2 Å². The number of rotatable bonds is 10. The Hall–Kier alpha value is -4.84. The Labute approximate surface area is 217 Å². The number of amides is 2. The highest BCUT2D eigenvalue weighted by molar-refractivity contribution is 5.95. The summed E-state index contributed by atoms with van der Waals surface area (Å²) in [6.45, 7) is 1.75. The third-order valence-corrected chi connectivity index (χ3v) is 5.98. The Balaban J connectivity index is 1.43. The van der Waals surface area contributed by atoms with Crippen molar-refractivity contribution in [2.24, 2.45) is 0 Å². The van der Waals surface area contributed by atoms with E-state index in [0.717, 1.165) is 11.1 Å². The highest BCUT2D eigenvalue weighted by Crippen LogP contribution is 2.28. The van der Waals surface area contributed by atoms with Gasteiger partial charge in [0.15, 0.2) is 6.61 Å². The molecule has 0 aliphatic carbocycles. The van der Waals surface area contributed by atoms with Crippen LogP contribution in [0.2, 0.25) is 0 Å². The van der Waals surface area contributed by atoms with E-state index in [2.05, 4.69) is 20.6 Å². The van der Waals surface area contributed by atoms with E-state index in [1.165, 1.54) is 24.5 Å². The molecule has 4 N–H and O–H groups in total. The normalized spacial score (nSPS) is 13.2. The lowest BCUT2D eigenvalue weighted by Crippen LogP contribution is -2.32. The quantitative estimate of drug-likeness (QED) is 0.311. The molecule has 38 heavy (non-hydrogen) atoms. The van der Waals surface area contributed by atoms with Crippen molar-refractivity contribution in [2.75, 3.05) is 18.5 Å². The van der Waals surface area contributed by atoms with Crippen LogP contribution in [0, 0.1) is 0 Å². The van der Waals surface area contributed by atoms with Crippen LogP contribution in [0.15, 0.2) is 54.9 Å². The highest BCUT2D eigenvalue weighted by atomic mass is 16.5. The Kier molecular flexibility index (Phi) is 7.92. The molecule has 1 atom stereocenters. The number of benzene rings is 2. The van der Waals surface area contributed by atoms with Gasteiger partial charge in [0.2, 0.25) is 0 Å². The summed E-state index contributed by atoms with van der Waals surface area (Å²) >= 11 is 0. The van der Waals surface area contributed by atoms with Gasteiger partial charge in [0, 0.05) is 19.1 Å². The third kappa shape index (κ3) is 6.48. The molecule has 2 heterocycles. The first-order valence-corrected chi connectivity index (χ1v) is 11.6. The zero-order valence-electron chi connectivity index (χ0n) is 20.4. The van der Waals surface area contributed by atoms with Crippen molar-refractivity contribution in [2.45, 2.75) is 26.1 Å². The minimum Gasteiger partial charge on any atom is -0.482 e. The zero-order chi connectivity index (χ0) is 27.2. The molecule has 0 saturated carbocycles. The number of nitrogens with zero attached hydrogens (tertiary/aromatic N) is 3. The molecule has 12 heteroatoms. The van der Waals surface area contributed by atoms with E-state index in [-0.39, 0.29) is 49.4 Å². The predicted octanol–water partition coefficient (Wildman–Crippen LogP) is 2.08. The van der Waals surface area contributed by atoms with Crippen LogP contribution in [-0.4, -0.2) is 62.0 Å². The van der Waals surface area contributed by atoms with Gasteiger partial charge in [0.25, 0.3) is 11.8 Å². The number of hydrogen-bond acceptors (Lipinski definition) is 8. The number of aromatic nitrogens is 2. The van der Waals surface area contributed by atoms with Gasteiger partial charge in [-0.25, -0.2) is 14.8 Å². The van der Waals surface area contributed by atoms with Crippen LogP contribution in [0.1, 0.15) is 50.6 Å². The minimum absolute atomic E-state index is 0.0429. The van der Waals surface area contributed by atoms with Crippen molar-refractivity contribution in [3.05, 3.63) is 82.9 Å².